The number of pyridine rings is 1. The van der Waals surface area contributed by atoms with Gasteiger partial charge < -0.3 is 20.5 Å². The number of alkyl halides is 3. The van der Waals surface area contributed by atoms with Crippen LogP contribution in [0.3, 0.4) is 0 Å². The van der Waals surface area contributed by atoms with Crippen LogP contribution >= 0.6 is 0 Å². The van der Waals surface area contributed by atoms with Crippen molar-refractivity contribution in [2.45, 2.75) is 19.1 Å². The SMILES string of the molecule is CC(c1ccc(-c2ccnc3[nH]cc(NC(=O)Nc4ccc(C(F)(F)F)cc4)c23)cc1)N(C)C. The van der Waals surface area contributed by atoms with Crippen molar-refractivity contribution < 1.29 is 18.0 Å². The number of aromatic nitrogens is 2. The molecule has 0 bridgehead atoms. The predicted molar refractivity (Wildman–Crippen MR) is 128 cm³/mol. The van der Waals surface area contributed by atoms with E-state index in [1.807, 2.05) is 32.3 Å². The Morgan fingerprint density at radius 1 is 1.00 bits per heavy atom. The molecule has 6 nitrogen and oxygen atoms in total. The van der Waals surface area contributed by atoms with Gasteiger partial charge in [-0.15, -0.1) is 0 Å². The number of benzene rings is 2. The number of aromatic amines is 1. The van der Waals surface area contributed by atoms with Crippen LogP contribution in [0, 0.1) is 0 Å². The van der Waals surface area contributed by atoms with Gasteiger partial charge in [-0.2, -0.15) is 13.2 Å². The fourth-order valence-corrected chi connectivity index (χ4v) is 3.66. The summed E-state index contributed by atoms with van der Waals surface area (Å²) in [7, 11) is 4.05. The molecule has 2 heterocycles. The van der Waals surface area contributed by atoms with Crippen molar-refractivity contribution in [2.24, 2.45) is 0 Å². The van der Waals surface area contributed by atoms with Gasteiger partial charge in [-0.3, -0.25) is 0 Å². The van der Waals surface area contributed by atoms with Gasteiger partial charge in [-0.1, -0.05) is 24.3 Å². The molecule has 0 aliphatic heterocycles. The lowest BCUT2D eigenvalue weighted by atomic mass is 9.99. The molecule has 1 atom stereocenters. The number of halogens is 3. The minimum Gasteiger partial charge on any atom is -0.344 e. The van der Waals surface area contributed by atoms with E-state index in [9.17, 15) is 18.0 Å². The quantitative estimate of drug-likeness (QED) is 0.313. The van der Waals surface area contributed by atoms with E-state index in [-0.39, 0.29) is 11.7 Å². The number of fused-ring (bicyclic) bond motifs is 1. The first-order valence-corrected chi connectivity index (χ1v) is 10.6. The maximum atomic E-state index is 12.7. The van der Waals surface area contributed by atoms with Crippen LogP contribution < -0.4 is 10.6 Å². The molecule has 176 valence electrons. The summed E-state index contributed by atoms with van der Waals surface area (Å²) in [4.78, 5) is 22.1. The number of hydrogen-bond donors (Lipinski definition) is 3. The minimum absolute atomic E-state index is 0.245. The Bertz CT molecular complexity index is 1300. The number of amides is 2. The van der Waals surface area contributed by atoms with E-state index in [0.29, 0.717) is 11.3 Å². The molecule has 9 heteroatoms. The average molecular weight is 467 g/mol. The molecule has 4 rings (SSSR count). The monoisotopic (exact) mass is 467 g/mol. The second-order valence-corrected chi connectivity index (χ2v) is 8.20. The lowest BCUT2D eigenvalue weighted by molar-refractivity contribution is -0.137. The van der Waals surface area contributed by atoms with Crippen LogP contribution in [-0.2, 0) is 6.18 Å². The largest absolute Gasteiger partial charge is 0.416 e. The third-order valence-corrected chi connectivity index (χ3v) is 5.77. The maximum Gasteiger partial charge on any atom is 0.416 e. The second-order valence-electron chi connectivity index (χ2n) is 8.20. The molecule has 2 aromatic heterocycles. The lowest BCUT2D eigenvalue weighted by Gasteiger charge is -2.20. The number of nitrogens with one attached hydrogen (secondary N) is 3. The highest BCUT2D eigenvalue weighted by atomic mass is 19.4. The van der Waals surface area contributed by atoms with Gasteiger partial charge in [0.05, 0.1) is 16.6 Å². The van der Waals surface area contributed by atoms with E-state index in [0.717, 1.165) is 28.6 Å². The third kappa shape index (κ3) is 4.89. The van der Waals surface area contributed by atoms with Crippen LogP contribution in [0.1, 0.15) is 24.1 Å². The Morgan fingerprint density at radius 2 is 1.68 bits per heavy atom. The van der Waals surface area contributed by atoms with Gasteiger partial charge in [-0.25, -0.2) is 9.78 Å². The molecule has 0 aliphatic carbocycles. The van der Waals surface area contributed by atoms with E-state index < -0.39 is 17.8 Å². The van der Waals surface area contributed by atoms with Crippen molar-refractivity contribution in [1.82, 2.24) is 14.9 Å². The summed E-state index contributed by atoms with van der Waals surface area (Å²) >= 11 is 0. The van der Waals surface area contributed by atoms with Crippen molar-refractivity contribution in [2.75, 3.05) is 24.7 Å². The summed E-state index contributed by atoms with van der Waals surface area (Å²) in [5.74, 6) is 0. The van der Waals surface area contributed by atoms with Gasteiger partial charge in [0.2, 0.25) is 0 Å². The number of carbonyl (C=O) groups is 1. The fraction of sp³-hybridized carbons (Fsp3) is 0.200. The number of nitrogens with zero attached hydrogens (tertiary/aromatic N) is 2. The normalized spacial score (nSPS) is 12.7. The molecule has 3 N–H and O–H groups in total. The van der Waals surface area contributed by atoms with Crippen molar-refractivity contribution >= 4 is 28.4 Å². The zero-order valence-corrected chi connectivity index (χ0v) is 18.9. The zero-order valence-electron chi connectivity index (χ0n) is 18.9. The number of urea groups is 1. The Kier molecular flexibility index (Phi) is 6.30. The molecule has 0 saturated carbocycles. The molecule has 0 radical (unpaired) electrons. The van der Waals surface area contributed by atoms with Crippen molar-refractivity contribution in [1.29, 1.82) is 0 Å². The van der Waals surface area contributed by atoms with Crippen LogP contribution in [0.5, 0.6) is 0 Å². The standard InChI is InChI=1S/C25H24F3N5O/c1-15(33(2)3)16-4-6-17(7-5-16)20-12-13-29-23-22(20)21(14-30-23)32-24(34)31-19-10-8-18(9-11-19)25(26,27)28/h4-15H,1-3H3,(H,29,30)(H2,31,32,34). The van der Waals surface area contributed by atoms with Crippen LogP contribution in [0.4, 0.5) is 29.3 Å². The molecule has 4 aromatic rings. The first kappa shape index (κ1) is 23.3. The van der Waals surface area contributed by atoms with Gasteiger partial charge in [0, 0.05) is 24.1 Å². The lowest BCUT2D eigenvalue weighted by Crippen LogP contribution is -2.19. The summed E-state index contributed by atoms with van der Waals surface area (Å²) < 4.78 is 38.2. The van der Waals surface area contributed by atoms with E-state index in [1.54, 1.807) is 12.4 Å². The Balaban J connectivity index is 1.57. The highest BCUT2D eigenvalue weighted by Gasteiger charge is 2.30. The first-order chi connectivity index (χ1) is 16.1. The molecule has 0 aliphatic rings. The summed E-state index contributed by atoms with van der Waals surface area (Å²) in [5, 5.41) is 6.05. The average Bonchev–Trinajstić information content (AvgIpc) is 3.21. The van der Waals surface area contributed by atoms with E-state index in [4.69, 9.17) is 0 Å². The number of rotatable bonds is 5. The predicted octanol–water partition coefficient (Wildman–Crippen LogP) is 6.52. The smallest absolute Gasteiger partial charge is 0.344 e. The summed E-state index contributed by atoms with van der Waals surface area (Å²) in [6.07, 6.45) is -1.11. The van der Waals surface area contributed by atoms with Gasteiger partial charge in [-0.05, 0) is 68.0 Å². The van der Waals surface area contributed by atoms with Gasteiger partial charge in [0.15, 0.2) is 0 Å². The number of anilines is 2. The molecule has 2 amide bonds. The van der Waals surface area contributed by atoms with E-state index >= 15 is 0 Å². The fourth-order valence-electron chi connectivity index (χ4n) is 3.66. The highest BCUT2D eigenvalue weighted by molar-refractivity contribution is 6.09. The van der Waals surface area contributed by atoms with Crippen LogP contribution in [-0.4, -0.2) is 35.0 Å². The second kappa shape index (κ2) is 9.18. The van der Waals surface area contributed by atoms with E-state index in [1.165, 1.54) is 17.7 Å². The number of H-pyrrole nitrogens is 1. The summed E-state index contributed by atoms with van der Waals surface area (Å²) in [6, 6.07) is 14.0. The molecule has 0 spiro atoms. The maximum absolute atomic E-state index is 12.7. The van der Waals surface area contributed by atoms with Crippen LogP contribution in [0.25, 0.3) is 22.2 Å². The van der Waals surface area contributed by atoms with Gasteiger partial charge in [0.25, 0.3) is 0 Å². The zero-order chi connectivity index (χ0) is 24.5. The van der Waals surface area contributed by atoms with Crippen molar-refractivity contribution in [3.05, 3.63) is 78.1 Å². The van der Waals surface area contributed by atoms with E-state index in [2.05, 4.69) is 44.6 Å². The molecule has 34 heavy (non-hydrogen) atoms. The summed E-state index contributed by atoms with van der Waals surface area (Å²) in [6.45, 7) is 2.13. The first-order valence-electron chi connectivity index (χ1n) is 10.6. The number of carbonyl (C=O) groups excluding carboxylic acids is 1. The number of hydrogen-bond acceptors (Lipinski definition) is 3. The Labute approximate surface area is 194 Å². The Morgan fingerprint density at radius 3 is 2.29 bits per heavy atom. The molecular weight excluding hydrogens is 443 g/mol. The van der Waals surface area contributed by atoms with Crippen LogP contribution in [0.2, 0.25) is 0 Å². The molecule has 2 aromatic carbocycles. The van der Waals surface area contributed by atoms with Gasteiger partial charge in [0.1, 0.15) is 5.65 Å². The molecule has 0 saturated heterocycles. The third-order valence-electron chi connectivity index (χ3n) is 5.77. The van der Waals surface area contributed by atoms with Gasteiger partial charge >= 0.3 is 12.2 Å². The van der Waals surface area contributed by atoms with Crippen molar-refractivity contribution in [3.63, 3.8) is 0 Å². The Hall–Kier alpha value is -3.85. The van der Waals surface area contributed by atoms with Crippen molar-refractivity contribution in [3.8, 4) is 11.1 Å². The van der Waals surface area contributed by atoms with Crippen LogP contribution in [0.15, 0.2) is 67.0 Å². The summed E-state index contributed by atoms with van der Waals surface area (Å²) in [5.41, 5.74) is 3.61. The highest BCUT2D eigenvalue weighted by Crippen LogP contribution is 2.34. The molecule has 0 fully saturated rings. The topological polar surface area (TPSA) is 73.0 Å². The minimum atomic E-state index is -4.43. The molecule has 1 unspecified atom stereocenters. The molecular formula is C25H24F3N5O.